The Labute approximate surface area is 109 Å². The highest BCUT2D eigenvalue weighted by atomic mass is 32.2. The Balaban J connectivity index is 1.85. The van der Waals surface area contributed by atoms with Crippen molar-refractivity contribution in [1.29, 1.82) is 0 Å². The molecule has 98 valence electrons. The number of hydrogen-bond acceptors (Lipinski definition) is 3. The van der Waals surface area contributed by atoms with Gasteiger partial charge in [-0.25, -0.2) is 0 Å². The van der Waals surface area contributed by atoms with Crippen molar-refractivity contribution >= 4 is 16.9 Å². The Morgan fingerprint density at radius 2 is 2.18 bits per heavy atom. The second-order valence-electron chi connectivity index (χ2n) is 5.92. The number of rotatable bonds is 2. The van der Waals surface area contributed by atoms with E-state index < -0.39 is 0 Å². The standard InChI is InChI=1S/C13H25N3S/c1-11-4-9-17-12(15-11)14-10-13(2)5-7-16(3)8-6-13/h11H,4-10H2,1-3H3,(H,14,15). The van der Waals surface area contributed by atoms with E-state index >= 15 is 0 Å². The van der Waals surface area contributed by atoms with Gasteiger partial charge < -0.3 is 10.2 Å². The van der Waals surface area contributed by atoms with E-state index in [1.54, 1.807) is 0 Å². The van der Waals surface area contributed by atoms with Gasteiger partial charge in [0.15, 0.2) is 5.17 Å². The first-order valence-electron chi connectivity index (χ1n) is 6.70. The number of aliphatic imine (C=N–C) groups is 1. The summed E-state index contributed by atoms with van der Waals surface area (Å²) in [5.74, 6) is 1.21. The minimum absolute atomic E-state index is 0.419. The fourth-order valence-corrected chi connectivity index (χ4v) is 3.43. The Kier molecular flexibility index (Phi) is 4.36. The highest BCUT2D eigenvalue weighted by molar-refractivity contribution is 8.13. The van der Waals surface area contributed by atoms with E-state index in [1.807, 2.05) is 11.8 Å². The molecule has 4 heteroatoms. The molecular formula is C13H25N3S. The Morgan fingerprint density at radius 1 is 1.47 bits per heavy atom. The van der Waals surface area contributed by atoms with E-state index in [-0.39, 0.29) is 0 Å². The van der Waals surface area contributed by atoms with Gasteiger partial charge in [0.2, 0.25) is 0 Å². The van der Waals surface area contributed by atoms with E-state index in [0.717, 1.165) is 6.54 Å². The fourth-order valence-electron chi connectivity index (χ4n) is 2.33. The number of thioether (sulfide) groups is 1. The summed E-state index contributed by atoms with van der Waals surface area (Å²) in [5.41, 5.74) is 0.419. The Bertz CT molecular complexity index is 282. The third-order valence-electron chi connectivity index (χ3n) is 3.96. The van der Waals surface area contributed by atoms with Crippen LogP contribution >= 0.6 is 11.8 Å². The van der Waals surface area contributed by atoms with Crippen molar-refractivity contribution < 1.29 is 0 Å². The summed E-state index contributed by atoms with van der Waals surface area (Å²) in [6.07, 6.45) is 3.81. The van der Waals surface area contributed by atoms with Crippen LogP contribution in [0.3, 0.4) is 0 Å². The number of likely N-dealkylation sites (tertiary alicyclic amines) is 1. The smallest absolute Gasteiger partial charge is 0.156 e. The lowest BCUT2D eigenvalue weighted by molar-refractivity contribution is 0.147. The fraction of sp³-hybridized carbons (Fsp3) is 0.923. The highest BCUT2D eigenvalue weighted by Gasteiger charge is 2.28. The minimum atomic E-state index is 0.419. The molecule has 17 heavy (non-hydrogen) atoms. The van der Waals surface area contributed by atoms with E-state index in [9.17, 15) is 0 Å². The average Bonchev–Trinajstić information content (AvgIpc) is 2.31. The molecule has 0 saturated carbocycles. The van der Waals surface area contributed by atoms with Crippen LogP contribution in [0.2, 0.25) is 0 Å². The van der Waals surface area contributed by atoms with E-state index in [0.29, 0.717) is 11.5 Å². The van der Waals surface area contributed by atoms with Crippen LogP contribution in [0.1, 0.15) is 33.1 Å². The zero-order valence-corrected chi connectivity index (χ0v) is 12.1. The Hall–Kier alpha value is -0.220. The maximum atomic E-state index is 4.80. The molecular weight excluding hydrogens is 230 g/mol. The van der Waals surface area contributed by atoms with Crippen LogP contribution in [-0.4, -0.2) is 48.5 Å². The molecule has 1 N–H and O–H groups in total. The number of nitrogens with zero attached hydrogens (tertiary/aromatic N) is 2. The molecule has 2 aliphatic rings. The Morgan fingerprint density at radius 3 is 2.82 bits per heavy atom. The third-order valence-corrected chi connectivity index (χ3v) is 4.92. The average molecular weight is 255 g/mol. The summed E-state index contributed by atoms with van der Waals surface area (Å²) in [5, 5.41) is 4.65. The van der Waals surface area contributed by atoms with Crippen LogP contribution in [0.5, 0.6) is 0 Å². The molecule has 2 rings (SSSR count). The van der Waals surface area contributed by atoms with Crippen LogP contribution in [-0.2, 0) is 0 Å². The van der Waals surface area contributed by atoms with Crippen LogP contribution < -0.4 is 5.32 Å². The van der Waals surface area contributed by atoms with Gasteiger partial charge in [-0.3, -0.25) is 4.99 Å². The molecule has 0 bridgehead atoms. The van der Waals surface area contributed by atoms with Crippen molar-refractivity contribution in [3.05, 3.63) is 0 Å². The molecule has 2 heterocycles. The summed E-state index contributed by atoms with van der Waals surface area (Å²) < 4.78 is 0. The first kappa shape index (κ1) is 13.2. The first-order chi connectivity index (χ1) is 8.07. The normalized spacial score (nSPS) is 32.4. The summed E-state index contributed by atoms with van der Waals surface area (Å²) in [4.78, 5) is 7.23. The topological polar surface area (TPSA) is 27.6 Å². The third kappa shape index (κ3) is 3.88. The lowest BCUT2D eigenvalue weighted by Gasteiger charge is -2.37. The second kappa shape index (κ2) is 5.61. The second-order valence-corrected chi connectivity index (χ2v) is 7.00. The van der Waals surface area contributed by atoms with Crippen LogP contribution in [0, 0.1) is 5.41 Å². The molecule has 0 aromatic carbocycles. The zero-order valence-electron chi connectivity index (χ0n) is 11.3. The molecule has 0 aromatic heterocycles. The van der Waals surface area contributed by atoms with Gasteiger partial charge >= 0.3 is 0 Å². The van der Waals surface area contributed by atoms with Gasteiger partial charge in [0.25, 0.3) is 0 Å². The van der Waals surface area contributed by atoms with Gasteiger partial charge in [-0.2, -0.15) is 0 Å². The van der Waals surface area contributed by atoms with Gasteiger partial charge in [-0.1, -0.05) is 18.7 Å². The minimum Gasteiger partial charge on any atom is -0.362 e. The van der Waals surface area contributed by atoms with Gasteiger partial charge in [0, 0.05) is 18.3 Å². The molecule has 0 aromatic rings. The summed E-state index contributed by atoms with van der Waals surface area (Å²) in [6.45, 7) is 8.06. The molecule has 3 nitrogen and oxygen atoms in total. The quantitative estimate of drug-likeness (QED) is 0.819. The largest absolute Gasteiger partial charge is 0.362 e. The van der Waals surface area contributed by atoms with E-state index in [1.165, 1.54) is 43.3 Å². The van der Waals surface area contributed by atoms with Gasteiger partial charge in [0.05, 0.1) is 0 Å². The van der Waals surface area contributed by atoms with Gasteiger partial charge in [-0.05, 0) is 51.7 Å². The maximum absolute atomic E-state index is 4.80. The van der Waals surface area contributed by atoms with Crippen molar-refractivity contribution in [1.82, 2.24) is 10.2 Å². The molecule has 1 atom stereocenters. The molecule has 0 radical (unpaired) electrons. The van der Waals surface area contributed by atoms with Crippen molar-refractivity contribution in [2.75, 3.05) is 32.4 Å². The molecule has 1 unspecified atom stereocenters. The van der Waals surface area contributed by atoms with Crippen LogP contribution in [0.15, 0.2) is 4.99 Å². The van der Waals surface area contributed by atoms with Crippen LogP contribution in [0.4, 0.5) is 0 Å². The van der Waals surface area contributed by atoms with Crippen molar-refractivity contribution in [2.45, 2.75) is 39.2 Å². The maximum Gasteiger partial charge on any atom is 0.156 e. The lowest BCUT2D eigenvalue weighted by Crippen LogP contribution is -2.39. The molecule has 0 amide bonds. The number of nitrogens with one attached hydrogen (secondary N) is 1. The zero-order chi connectivity index (χ0) is 12.3. The SMILES string of the molecule is CC1CCSC(=NCC2(C)CCN(C)CC2)N1. The lowest BCUT2D eigenvalue weighted by atomic mass is 9.81. The summed E-state index contributed by atoms with van der Waals surface area (Å²) in [6, 6.07) is 0.597. The number of hydrogen-bond donors (Lipinski definition) is 1. The summed E-state index contributed by atoms with van der Waals surface area (Å²) in [7, 11) is 2.21. The van der Waals surface area contributed by atoms with E-state index in [4.69, 9.17) is 4.99 Å². The monoisotopic (exact) mass is 255 g/mol. The van der Waals surface area contributed by atoms with Crippen molar-refractivity contribution in [3.8, 4) is 0 Å². The van der Waals surface area contributed by atoms with Crippen molar-refractivity contribution in [2.24, 2.45) is 10.4 Å². The molecule has 2 fully saturated rings. The number of amidine groups is 1. The van der Waals surface area contributed by atoms with Gasteiger partial charge in [-0.15, -0.1) is 0 Å². The molecule has 0 spiro atoms. The predicted octanol–water partition coefficient (Wildman–Crippen LogP) is 2.19. The first-order valence-corrected chi connectivity index (χ1v) is 7.68. The van der Waals surface area contributed by atoms with Crippen molar-refractivity contribution in [3.63, 3.8) is 0 Å². The summed E-state index contributed by atoms with van der Waals surface area (Å²) >= 11 is 1.88. The van der Waals surface area contributed by atoms with E-state index in [2.05, 4.69) is 31.1 Å². The predicted molar refractivity (Wildman–Crippen MR) is 76.8 cm³/mol. The van der Waals surface area contributed by atoms with Crippen LogP contribution in [0.25, 0.3) is 0 Å². The highest BCUT2D eigenvalue weighted by Crippen LogP contribution is 2.31. The molecule has 2 aliphatic heterocycles. The molecule has 0 aliphatic carbocycles. The van der Waals surface area contributed by atoms with Gasteiger partial charge in [0.1, 0.15) is 0 Å². The molecule has 2 saturated heterocycles. The number of piperidine rings is 1.